The van der Waals surface area contributed by atoms with Gasteiger partial charge < -0.3 is 9.88 Å². The lowest BCUT2D eigenvalue weighted by Crippen LogP contribution is -2.36. The normalized spacial score (nSPS) is 14.7. The van der Waals surface area contributed by atoms with E-state index in [1.165, 1.54) is 24.3 Å². The maximum Gasteiger partial charge on any atom is 0.294 e. The van der Waals surface area contributed by atoms with E-state index in [1.54, 1.807) is 6.08 Å². The molecule has 6 nitrogen and oxygen atoms in total. The zero-order valence-corrected chi connectivity index (χ0v) is 21.3. The second-order valence-electron chi connectivity index (χ2n) is 8.52. The number of carbonyl (C=O) groups excluding carboxylic acids is 3. The van der Waals surface area contributed by atoms with Crippen molar-refractivity contribution >= 4 is 63.1 Å². The third-order valence-corrected chi connectivity index (χ3v) is 7.42. The van der Waals surface area contributed by atoms with Gasteiger partial charge in [-0.15, -0.1) is 0 Å². The summed E-state index contributed by atoms with van der Waals surface area (Å²) in [6.07, 6.45) is 1.71. The van der Waals surface area contributed by atoms with Crippen LogP contribution in [0.4, 0.5) is 14.9 Å². The van der Waals surface area contributed by atoms with Crippen molar-refractivity contribution in [1.29, 1.82) is 0 Å². The van der Waals surface area contributed by atoms with Gasteiger partial charge in [-0.25, -0.2) is 4.39 Å². The number of amides is 3. The van der Waals surface area contributed by atoms with E-state index in [0.717, 1.165) is 44.4 Å². The van der Waals surface area contributed by atoms with Crippen LogP contribution in [-0.4, -0.2) is 33.1 Å². The first-order valence-corrected chi connectivity index (χ1v) is 12.6. The number of imide groups is 1. The molecule has 0 atom stereocenters. The first-order valence-electron chi connectivity index (χ1n) is 11.4. The van der Waals surface area contributed by atoms with Crippen molar-refractivity contribution in [1.82, 2.24) is 9.47 Å². The standard InChI is InChI=1S/C28H21ClFN3O3S/c1-17-22(21-7-3-5-9-24(21)32(17)15-18-6-2-4-8-23(18)29)14-25-27(35)33(28(36)37-25)16-26(34)31-20-12-10-19(30)11-13-20/h2-14H,15-16H2,1H3,(H,31,34)/b25-14-. The molecule has 1 N–H and O–H groups in total. The Morgan fingerprint density at radius 2 is 1.73 bits per heavy atom. The van der Waals surface area contributed by atoms with Crippen LogP contribution in [-0.2, 0) is 16.1 Å². The first kappa shape index (κ1) is 24.8. The van der Waals surface area contributed by atoms with Crippen molar-refractivity contribution < 1.29 is 18.8 Å². The number of benzene rings is 3. The Balaban J connectivity index is 1.42. The Kier molecular flexibility index (Phi) is 6.86. The van der Waals surface area contributed by atoms with Gasteiger partial charge in [0.2, 0.25) is 5.91 Å². The number of rotatable bonds is 6. The SMILES string of the molecule is Cc1c(/C=C2\SC(=O)N(CC(=O)Nc3ccc(F)cc3)C2=O)c2ccccc2n1Cc1ccccc1Cl. The number of carbonyl (C=O) groups is 3. The van der Waals surface area contributed by atoms with Crippen LogP contribution in [0.25, 0.3) is 17.0 Å². The summed E-state index contributed by atoms with van der Waals surface area (Å²) < 4.78 is 15.2. The molecule has 1 aromatic heterocycles. The van der Waals surface area contributed by atoms with E-state index >= 15 is 0 Å². The lowest BCUT2D eigenvalue weighted by molar-refractivity contribution is -0.127. The second kappa shape index (κ2) is 10.2. The number of hydrogen-bond donors (Lipinski definition) is 1. The highest BCUT2D eigenvalue weighted by Gasteiger charge is 2.36. The third-order valence-electron chi connectivity index (χ3n) is 6.14. The molecule has 3 amide bonds. The van der Waals surface area contributed by atoms with Crippen LogP contribution in [0.3, 0.4) is 0 Å². The summed E-state index contributed by atoms with van der Waals surface area (Å²) in [6.45, 7) is 2.07. The number of nitrogens with one attached hydrogen (secondary N) is 1. The Hall–Kier alpha value is -3.88. The van der Waals surface area contributed by atoms with Crippen LogP contribution in [0, 0.1) is 12.7 Å². The maximum absolute atomic E-state index is 13.1. The Bertz CT molecular complexity index is 1580. The zero-order chi connectivity index (χ0) is 26.1. The molecule has 37 heavy (non-hydrogen) atoms. The van der Waals surface area contributed by atoms with Crippen molar-refractivity contribution in [3.8, 4) is 0 Å². The molecule has 0 spiro atoms. The van der Waals surface area contributed by atoms with Gasteiger partial charge in [0.15, 0.2) is 0 Å². The van der Waals surface area contributed by atoms with Crippen molar-refractivity contribution in [2.24, 2.45) is 0 Å². The van der Waals surface area contributed by atoms with Gasteiger partial charge in [-0.05, 0) is 66.7 Å². The number of thioether (sulfide) groups is 1. The quantitative estimate of drug-likeness (QED) is 0.288. The largest absolute Gasteiger partial charge is 0.340 e. The molecule has 3 aromatic carbocycles. The zero-order valence-electron chi connectivity index (χ0n) is 19.7. The van der Waals surface area contributed by atoms with E-state index < -0.39 is 29.4 Å². The van der Waals surface area contributed by atoms with E-state index in [4.69, 9.17) is 11.6 Å². The number of para-hydroxylation sites is 1. The molecule has 1 fully saturated rings. The second-order valence-corrected chi connectivity index (χ2v) is 9.92. The number of hydrogen-bond acceptors (Lipinski definition) is 4. The molecular formula is C28H21ClFN3O3S. The molecule has 1 saturated heterocycles. The van der Waals surface area contributed by atoms with E-state index in [2.05, 4.69) is 9.88 Å². The monoisotopic (exact) mass is 533 g/mol. The minimum absolute atomic E-state index is 0.239. The summed E-state index contributed by atoms with van der Waals surface area (Å²) in [5.74, 6) is -1.52. The molecule has 0 saturated carbocycles. The van der Waals surface area contributed by atoms with Gasteiger partial charge in [-0.1, -0.05) is 48.0 Å². The molecule has 0 unspecified atom stereocenters. The number of nitrogens with zero attached hydrogens (tertiary/aromatic N) is 2. The van der Waals surface area contributed by atoms with E-state index in [1.807, 2.05) is 55.5 Å². The van der Waals surface area contributed by atoms with Gasteiger partial charge in [0.25, 0.3) is 11.1 Å². The van der Waals surface area contributed by atoms with Crippen molar-refractivity contribution in [3.63, 3.8) is 0 Å². The minimum atomic E-state index is -0.553. The molecule has 0 aliphatic carbocycles. The van der Waals surface area contributed by atoms with Crippen molar-refractivity contribution in [3.05, 3.63) is 105 Å². The van der Waals surface area contributed by atoms with Crippen molar-refractivity contribution in [2.45, 2.75) is 13.5 Å². The summed E-state index contributed by atoms with van der Waals surface area (Å²) in [6, 6.07) is 20.7. The molecule has 1 aliphatic heterocycles. The van der Waals surface area contributed by atoms with Crippen LogP contribution < -0.4 is 5.32 Å². The highest BCUT2D eigenvalue weighted by Crippen LogP contribution is 2.36. The summed E-state index contributed by atoms with van der Waals surface area (Å²) >= 11 is 7.21. The van der Waals surface area contributed by atoms with Crippen molar-refractivity contribution in [2.75, 3.05) is 11.9 Å². The van der Waals surface area contributed by atoms with Crippen LogP contribution in [0.2, 0.25) is 5.02 Å². The Labute approximate surface area is 221 Å². The molecule has 4 aromatic rings. The number of halogens is 2. The summed E-state index contributed by atoms with van der Waals surface area (Å²) in [7, 11) is 0. The molecule has 5 rings (SSSR count). The molecule has 2 heterocycles. The Morgan fingerprint density at radius 3 is 2.49 bits per heavy atom. The summed E-state index contributed by atoms with van der Waals surface area (Å²) in [5, 5.41) is 3.65. The lowest BCUT2D eigenvalue weighted by Gasteiger charge is -2.12. The average Bonchev–Trinajstić information content (AvgIpc) is 3.30. The van der Waals surface area contributed by atoms with Gasteiger partial charge in [0.1, 0.15) is 12.4 Å². The van der Waals surface area contributed by atoms with E-state index in [9.17, 15) is 18.8 Å². The molecule has 0 radical (unpaired) electrons. The fraction of sp³-hybridized carbons (Fsp3) is 0.107. The smallest absolute Gasteiger partial charge is 0.294 e. The van der Waals surface area contributed by atoms with Crippen LogP contribution in [0.15, 0.2) is 77.7 Å². The highest BCUT2D eigenvalue weighted by atomic mass is 35.5. The molecular weight excluding hydrogens is 513 g/mol. The van der Waals surface area contributed by atoms with Gasteiger partial charge in [-0.3, -0.25) is 19.3 Å². The van der Waals surface area contributed by atoms with Gasteiger partial charge in [-0.2, -0.15) is 0 Å². The predicted molar refractivity (Wildman–Crippen MR) is 145 cm³/mol. The number of fused-ring (bicyclic) bond motifs is 1. The third kappa shape index (κ3) is 5.03. The minimum Gasteiger partial charge on any atom is -0.340 e. The average molecular weight is 534 g/mol. The predicted octanol–water partition coefficient (Wildman–Crippen LogP) is 6.47. The van der Waals surface area contributed by atoms with Crippen LogP contribution in [0.5, 0.6) is 0 Å². The molecule has 186 valence electrons. The highest BCUT2D eigenvalue weighted by molar-refractivity contribution is 8.18. The lowest BCUT2D eigenvalue weighted by atomic mass is 10.1. The maximum atomic E-state index is 13.1. The fourth-order valence-corrected chi connectivity index (χ4v) is 5.30. The van der Waals surface area contributed by atoms with E-state index in [0.29, 0.717) is 17.3 Å². The topological polar surface area (TPSA) is 71.4 Å². The summed E-state index contributed by atoms with van der Waals surface area (Å²) in [5.41, 5.74) is 4.05. The molecule has 0 bridgehead atoms. The van der Waals surface area contributed by atoms with Gasteiger partial charge in [0, 0.05) is 39.4 Å². The van der Waals surface area contributed by atoms with Gasteiger partial charge in [0.05, 0.1) is 4.91 Å². The van der Waals surface area contributed by atoms with Crippen LogP contribution >= 0.6 is 23.4 Å². The Morgan fingerprint density at radius 1 is 1.03 bits per heavy atom. The van der Waals surface area contributed by atoms with Crippen LogP contribution in [0.1, 0.15) is 16.8 Å². The summed E-state index contributed by atoms with van der Waals surface area (Å²) in [4.78, 5) is 39.3. The van der Waals surface area contributed by atoms with E-state index in [-0.39, 0.29) is 4.91 Å². The molecule has 1 aliphatic rings. The first-order chi connectivity index (χ1) is 17.8. The number of anilines is 1. The fourth-order valence-electron chi connectivity index (χ4n) is 4.29. The molecule has 9 heteroatoms. The number of aromatic nitrogens is 1. The van der Waals surface area contributed by atoms with Gasteiger partial charge >= 0.3 is 0 Å².